The summed E-state index contributed by atoms with van der Waals surface area (Å²) in [4.78, 5) is 24.1. The second-order valence-electron chi connectivity index (χ2n) is 9.97. The Morgan fingerprint density at radius 2 is 1.60 bits per heavy atom. The summed E-state index contributed by atoms with van der Waals surface area (Å²) in [7, 11) is 0. The number of aliphatic hydroxyl groups is 1. The fourth-order valence-corrected chi connectivity index (χ4v) is 4.27. The van der Waals surface area contributed by atoms with E-state index in [0.29, 0.717) is 6.42 Å². The molecular formula is C28H46O7. The Balaban J connectivity index is 1.54. The normalized spacial score (nSPS) is 22.5. The molecule has 3 atom stereocenters. The van der Waals surface area contributed by atoms with Crippen molar-refractivity contribution in [1.29, 1.82) is 0 Å². The van der Waals surface area contributed by atoms with Crippen LogP contribution in [0.3, 0.4) is 0 Å². The third kappa shape index (κ3) is 10.7. The predicted octanol–water partition coefficient (Wildman–Crippen LogP) is 6.66. The molecule has 200 valence electrons. The SMILES string of the molecule is CCCCCCCC/C=C\CCCCCCCC(=O)OC1=C(O)C(=O)OC1C1COC(C(C)C)O1. The molecule has 2 rings (SSSR count). The van der Waals surface area contributed by atoms with E-state index in [9.17, 15) is 14.7 Å². The number of esters is 2. The van der Waals surface area contributed by atoms with Crippen LogP contribution >= 0.6 is 0 Å². The smallest absolute Gasteiger partial charge is 0.378 e. The fraction of sp³-hybridized carbons (Fsp3) is 0.786. The third-order valence-electron chi connectivity index (χ3n) is 6.40. The average Bonchev–Trinajstić information content (AvgIpc) is 3.43. The molecule has 0 saturated carbocycles. The van der Waals surface area contributed by atoms with Crippen molar-refractivity contribution in [2.24, 2.45) is 5.92 Å². The highest BCUT2D eigenvalue weighted by molar-refractivity contribution is 5.90. The molecule has 2 aliphatic heterocycles. The summed E-state index contributed by atoms with van der Waals surface area (Å²) in [5.41, 5.74) is 0. The van der Waals surface area contributed by atoms with E-state index in [2.05, 4.69) is 19.1 Å². The number of allylic oxidation sites excluding steroid dienone is 2. The summed E-state index contributed by atoms with van der Waals surface area (Å²) in [6, 6.07) is 0. The van der Waals surface area contributed by atoms with E-state index in [1.54, 1.807) is 0 Å². The lowest BCUT2D eigenvalue weighted by molar-refractivity contribution is -0.154. The van der Waals surface area contributed by atoms with Crippen LogP contribution in [0.2, 0.25) is 0 Å². The molecule has 3 unspecified atom stereocenters. The van der Waals surface area contributed by atoms with Crippen LogP contribution in [0, 0.1) is 5.92 Å². The number of cyclic esters (lactones) is 1. The lowest BCUT2D eigenvalue weighted by Crippen LogP contribution is -2.33. The molecule has 0 aromatic heterocycles. The number of carbonyl (C=O) groups is 2. The third-order valence-corrected chi connectivity index (χ3v) is 6.40. The molecule has 0 amide bonds. The van der Waals surface area contributed by atoms with Gasteiger partial charge in [-0.1, -0.05) is 84.3 Å². The van der Waals surface area contributed by atoms with Crippen LogP contribution in [0.1, 0.15) is 111 Å². The quantitative estimate of drug-likeness (QED) is 0.129. The Kier molecular flexibility index (Phi) is 14.1. The summed E-state index contributed by atoms with van der Waals surface area (Å²) < 4.78 is 21.8. The Bertz CT molecular complexity index is 697. The Hall–Kier alpha value is -1.86. The van der Waals surface area contributed by atoms with Crippen LogP contribution in [0.25, 0.3) is 0 Å². The van der Waals surface area contributed by atoms with Crippen LogP contribution in [-0.4, -0.2) is 42.1 Å². The monoisotopic (exact) mass is 494 g/mol. The highest BCUT2D eigenvalue weighted by Gasteiger charge is 2.46. The maximum absolute atomic E-state index is 12.3. The fourth-order valence-electron chi connectivity index (χ4n) is 4.27. The lowest BCUT2D eigenvalue weighted by Gasteiger charge is -2.19. The molecule has 35 heavy (non-hydrogen) atoms. The van der Waals surface area contributed by atoms with Gasteiger partial charge in [0, 0.05) is 12.3 Å². The van der Waals surface area contributed by atoms with Gasteiger partial charge in [-0.05, 0) is 32.1 Å². The highest BCUT2D eigenvalue weighted by atomic mass is 16.7. The van der Waals surface area contributed by atoms with Gasteiger partial charge in [-0.15, -0.1) is 0 Å². The Morgan fingerprint density at radius 3 is 2.20 bits per heavy atom. The van der Waals surface area contributed by atoms with E-state index in [0.717, 1.165) is 25.7 Å². The molecular weight excluding hydrogens is 448 g/mol. The topological polar surface area (TPSA) is 91.3 Å². The minimum Gasteiger partial charge on any atom is -0.499 e. The molecule has 2 aliphatic rings. The van der Waals surface area contributed by atoms with Crippen LogP contribution in [-0.2, 0) is 28.5 Å². The van der Waals surface area contributed by atoms with Gasteiger partial charge in [0.15, 0.2) is 12.4 Å². The van der Waals surface area contributed by atoms with Gasteiger partial charge in [0.1, 0.15) is 6.10 Å². The zero-order valence-electron chi connectivity index (χ0n) is 22.0. The number of hydrogen-bond donors (Lipinski definition) is 1. The zero-order valence-corrected chi connectivity index (χ0v) is 22.0. The molecule has 7 heteroatoms. The van der Waals surface area contributed by atoms with Crippen molar-refractivity contribution in [3.63, 3.8) is 0 Å². The van der Waals surface area contributed by atoms with E-state index in [4.69, 9.17) is 18.9 Å². The molecule has 2 heterocycles. The molecule has 0 aromatic carbocycles. The first kappa shape index (κ1) is 29.4. The van der Waals surface area contributed by atoms with E-state index in [1.165, 1.54) is 51.4 Å². The number of ether oxygens (including phenoxy) is 4. The van der Waals surface area contributed by atoms with Crippen molar-refractivity contribution < 1.29 is 33.6 Å². The number of rotatable bonds is 18. The lowest BCUT2D eigenvalue weighted by atomic mass is 10.1. The van der Waals surface area contributed by atoms with Gasteiger partial charge in [-0.3, -0.25) is 4.79 Å². The van der Waals surface area contributed by atoms with Crippen LogP contribution in [0.4, 0.5) is 0 Å². The molecule has 0 spiro atoms. The highest BCUT2D eigenvalue weighted by Crippen LogP contribution is 2.31. The van der Waals surface area contributed by atoms with Crippen molar-refractivity contribution in [2.75, 3.05) is 6.61 Å². The minimum absolute atomic E-state index is 0.127. The van der Waals surface area contributed by atoms with Crippen molar-refractivity contribution in [2.45, 2.75) is 129 Å². The molecule has 0 radical (unpaired) electrons. The molecule has 0 bridgehead atoms. The maximum Gasteiger partial charge on any atom is 0.378 e. The first-order valence-corrected chi connectivity index (χ1v) is 13.7. The van der Waals surface area contributed by atoms with Crippen molar-refractivity contribution >= 4 is 11.9 Å². The largest absolute Gasteiger partial charge is 0.499 e. The molecule has 1 N–H and O–H groups in total. The second kappa shape index (κ2) is 16.7. The van der Waals surface area contributed by atoms with Gasteiger partial charge in [0.05, 0.1) is 6.61 Å². The van der Waals surface area contributed by atoms with Gasteiger partial charge in [0.25, 0.3) is 0 Å². The first-order chi connectivity index (χ1) is 16.9. The molecule has 7 nitrogen and oxygen atoms in total. The summed E-state index contributed by atoms with van der Waals surface area (Å²) in [6.45, 7) is 6.35. The maximum atomic E-state index is 12.3. The zero-order chi connectivity index (χ0) is 25.5. The van der Waals surface area contributed by atoms with E-state index >= 15 is 0 Å². The molecule has 1 fully saturated rings. The number of unbranched alkanes of at least 4 members (excludes halogenated alkanes) is 11. The van der Waals surface area contributed by atoms with Crippen molar-refractivity contribution in [3.8, 4) is 0 Å². The second-order valence-corrected chi connectivity index (χ2v) is 9.97. The summed E-state index contributed by atoms with van der Waals surface area (Å²) in [6.07, 6.45) is 18.2. The van der Waals surface area contributed by atoms with Crippen LogP contribution < -0.4 is 0 Å². The van der Waals surface area contributed by atoms with Crippen molar-refractivity contribution in [1.82, 2.24) is 0 Å². The van der Waals surface area contributed by atoms with E-state index in [-0.39, 0.29) is 24.7 Å². The summed E-state index contributed by atoms with van der Waals surface area (Å²) in [5.74, 6) is -2.08. The van der Waals surface area contributed by atoms with Crippen LogP contribution in [0.5, 0.6) is 0 Å². The van der Waals surface area contributed by atoms with Crippen LogP contribution in [0.15, 0.2) is 23.7 Å². The Labute approximate surface area is 211 Å². The van der Waals surface area contributed by atoms with Gasteiger partial charge in [0.2, 0.25) is 11.5 Å². The summed E-state index contributed by atoms with van der Waals surface area (Å²) in [5, 5.41) is 10.0. The van der Waals surface area contributed by atoms with Crippen molar-refractivity contribution in [3.05, 3.63) is 23.7 Å². The number of hydrogen-bond acceptors (Lipinski definition) is 7. The van der Waals surface area contributed by atoms with E-state index in [1.807, 2.05) is 13.8 Å². The molecule has 0 aromatic rings. The first-order valence-electron chi connectivity index (χ1n) is 13.7. The summed E-state index contributed by atoms with van der Waals surface area (Å²) >= 11 is 0. The molecule has 1 saturated heterocycles. The standard InChI is InChI=1S/C28H46O7/c1-4-5-6-7-8-9-10-11-12-13-14-15-16-17-18-19-23(29)34-26-24(30)27(31)35-25(26)22-20-32-28(33-22)21(2)3/h11-12,21-22,25,28,30H,4-10,13-20H2,1-3H3/b12-11-. The van der Waals surface area contributed by atoms with Gasteiger partial charge in [-0.2, -0.15) is 0 Å². The Morgan fingerprint density at radius 1 is 1.00 bits per heavy atom. The minimum atomic E-state index is -0.968. The average molecular weight is 495 g/mol. The predicted molar refractivity (Wildman–Crippen MR) is 135 cm³/mol. The number of aliphatic hydroxyl groups excluding tert-OH is 1. The van der Waals surface area contributed by atoms with Gasteiger partial charge >= 0.3 is 11.9 Å². The molecule has 0 aliphatic carbocycles. The van der Waals surface area contributed by atoms with E-state index < -0.39 is 36.2 Å². The van der Waals surface area contributed by atoms with Gasteiger partial charge < -0.3 is 24.1 Å². The van der Waals surface area contributed by atoms with Gasteiger partial charge in [-0.25, -0.2) is 4.79 Å². The number of carbonyl (C=O) groups excluding carboxylic acids is 2.